The summed E-state index contributed by atoms with van der Waals surface area (Å²) in [5.74, 6) is -2.31. The van der Waals surface area contributed by atoms with Crippen LogP contribution in [0.15, 0.2) is 42.0 Å². The minimum absolute atomic E-state index is 0.150. The summed E-state index contributed by atoms with van der Waals surface area (Å²) in [5.41, 5.74) is 1.34. The fraction of sp³-hybridized carbons (Fsp3) is 0.105. The Kier molecular flexibility index (Phi) is 4.66. The second-order valence-corrected chi connectivity index (χ2v) is 6.23. The van der Waals surface area contributed by atoms with E-state index >= 15 is 0 Å². The van der Waals surface area contributed by atoms with Gasteiger partial charge in [0.05, 0.1) is 10.6 Å². The molecular weight excluding hydrogens is 366 g/mol. The molecule has 1 aliphatic rings. The first-order valence-corrected chi connectivity index (χ1v) is 8.15. The van der Waals surface area contributed by atoms with Gasteiger partial charge in [0.1, 0.15) is 5.57 Å². The van der Waals surface area contributed by atoms with Crippen molar-refractivity contribution in [1.82, 2.24) is 5.32 Å². The Bertz CT molecular complexity index is 1070. The van der Waals surface area contributed by atoms with Gasteiger partial charge in [0.2, 0.25) is 0 Å². The van der Waals surface area contributed by atoms with Crippen molar-refractivity contribution < 1.29 is 24.4 Å². The maximum atomic E-state index is 12.8. The third-order valence-corrected chi connectivity index (χ3v) is 4.36. The molecule has 28 heavy (non-hydrogen) atoms. The van der Waals surface area contributed by atoms with Crippen LogP contribution in [0.4, 0.5) is 16.2 Å². The molecule has 0 radical (unpaired) electrons. The number of nitro benzene ring substituents is 1. The molecule has 1 saturated heterocycles. The number of urea groups is 1. The zero-order valence-corrected chi connectivity index (χ0v) is 14.9. The first-order chi connectivity index (χ1) is 13.2. The highest BCUT2D eigenvalue weighted by Crippen LogP contribution is 2.28. The van der Waals surface area contributed by atoms with Gasteiger partial charge in [-0.2, -0.15) is 0 Å². The lowest BCUT2D eigenvalue weighted by atomic mass is 10.0. The minimum Gasteiger partial charge on any atom is -0.502 e. The van der Waals surface area contributed by atoms with E-state index in [1.807, 2.05) is 13.8 Å². The molecule has 0 saturated carbocycles. The van der Waals surface area contributed by atoms with Crippen LogP contribution in [0.25, 0.3) is 6.08 Å². The number of aryl methyl sites for hydroxylation is 2. The van der Waals surface area contributed by atoms with Crippen LogP contribution in [-0.4, -0.2) is 27.9 Å². The van der Waals surface area contributed by atoms with Crippen LogP contribution in [0.2, 0.25) is 0 Å². The highest BCUT2D eigenvalue weighted by Gasteiger charge is 2.37. The molecule has 2 aromatic rings. The van der Waals surface area contributed by atoms with Gasteiger partial charge in [-0.15, -0.1) is 0 Å². The molecule has 9 heteroatoms. The van der Waals surface area contributed by atoms with Crippen molar-refractivity contribution in [3.05, 3.63) is 68.8 Å². The molecule has 3 rings (SSSR count). The topological polar surface area (TPSA) is 130 Å². The number of benzene rings is 2. The van der Waals surface area contributed by atoms with E-state index in [9.17, 15) is 29.6 Å². The van der Waals surface area contributed by atoms with Crippen molar-refractivity contribution in [2.24, 2.45) is 0 Å². The largest absolute Gasteiger partial charge is 0.502 e. The third-order valence-electron chi connectivity index (χ3n) is 4.36. The van der Waals surface area contributed by atoms with Crippen molar-refractivity contribution in [3.8, 4) is 5.75 Å². The second-order valence-electron chi connectivity index (χ2n) is 6.23. The minimum atomic E-state index is -0.911. The van der Waals surface area contributed by atoms with Crippen LogP contribution < -0.4 is 10.2 Å². The fourth-order valence-electron chi connectivity index (χ4n) is 2.70. The van der Waals surface area contributed by atoms with Gasteiger partial charge in [0, 0.05) is 6.07 Å². The Morgan fingerprint density at radius 2 is 1.79 bits per heavy atom. The van der Waals surface area contributed by atoms with Crippen molar-refractivity contribution in [2.45, 2.75) is 13.8 Å². The lowest BCUT2D eigenvalue weighted by molar-refractivity contribution is -0.385. The van der Waals surface area contributed by atoms with E-state index in [0.29, 0.717) is 5.69 Å². The molecule has 0 aromatic heterocycles. The molecule has 9 nitrogen and oxygen atoms in total. The van der Waals surface area contributed by atoms with Gasteiger partial charge in [-0.05, 0) is 54.8 Å². The predicted molar refractivity (Wildman–Crippen MR) is 99.7 cm³/mol. The molecule has 1 aliphatic heterocycles. The Morgan fingerprint density at radius 3 is 2.43 bits per heavy atom. The number of imide groups is 2. The highest BCUT2D eigenvalue weighted by atomic mass is 16.6. The predicted octanol–water partition coefficient (Wildman–Crippen LogP) is 2.58. The summed E-state index contributed by atoms with van der Waals surface area (Å²) < 4.78 is 0. The van der Waals surface area contributed by atoms with Gasteiger partial charge in [-0.25, -0.2) is 9.69 Å². The zero-order valence-electron chi connectivity index (χ0n) is 14.9. The first-order valence-electron chi connectivity index (χ1n) is 8.15. The van der Waals surface area contributed by atoms with Crippen LogP contribution in [0.1, 0.15) is 16.7 Å². The molecule has 0 aliphatic carbocycles. The average Bonchev–Trinajstić information content (AvgIpc) is 2.62. The number of anilines is 1. The van der Waals surface area contributed by atoms with Gasteiger partial charge < -0.3 is 5.11 Å². The second kappa shape index (κ2) is 6.95. The summed E-state index contributed by atoms with van der Waals surface area (Å²) in [6.07, 6.45) is 1.13. The van der Waals surface area contributed by atoms with Crippen molar-refractivity contribution in [1.29, 1.82) is 0 Å². The number of amides is 4. The number of barbiturate groups is 1. The molecule has 1 fully saturated rings. The molecule has 0 bridgehead atoms. The first kappa shape index (κ1) is 18.8. The number of phenols is 1. The quantitative estimate of drug-likeness (QED) is 0.364. The molecule has 0 unspecified atom stereocenters. The number of hydrogen-bond acceptors (Lipinski definition) is 6. The number of nitro groups is 1. The van der Waals surface area contributed by atoms with E-state index < -0.39 is 34.2 Å². The van der Waals surface area contributed by atoms with Crippen LogP contribution >= 0.6 is 0 Å². The third kappa shape index (κ3) is 3.32. The summed E-state index contributed by atoms with van der Waals surface area (Å²) in [7, 11) is 0. The van der Waals surface area contributed by atoms with E-state index in [2.05, 4.69) is 5.32 Å². The van der Waals surface area contributed by atoms with Gasteiger partial charge in [0.15, 0.2) is 5.75 Å². The monoisotopic (exact) mass is 381 g/mol. The Labute approximate surface area is 159 Å². The summed E-state index contributed by atoms with van der Waals surface area (Å²) in [6.45, 7) is 3.70. The van der Waals surface area contributed by atoms with E-state index in [-0.39, 0.29) is 11.1 Å². The van der Waals surface area contributed by atoms with E-state index in [1.54, 1.807) is 18.2 Å². The molecule has 0 atom stereocenters. The summed E-state index contributed by atoms with van der Waals surface area (Å²) in [5, 5.41) is 22.6. The molecular formula is C19H15N3O6. The number of rotatable bonds is 3. The maximum Gasteiger partial charge on any atom is 0.335 e. The molecule has 0 spiro atoms. The smallest absolute Gasteiger partial charge is 0.335 e. The van der Waals surface area contributed by atoms with Crippen LogP contribution in [0.5, 0.6) is 5.75 Å². The normalized spacial score (nSPS) is 15.7. The zero-order chi connectivity index (χ0) is 20.6. The van der Waals surface area contributed by atoms with Crippen LogP contribution in [0, 0.1) is 24.0 Å². The number of aromatic hydroxyl groups is 1. The fourth-order valence-corrected chi connectivity index (χ4v) is 2.70. The lowest BCUT2D eigenvalue weighted by Crippen LogP contribution is -2.54. The lowest BCUT2D eigenvalue weighted by Gasteiger charge is -2.26. The number of phenolic OH excluding ortho intramolecular Hbond substituents is 1. The van der Waals surface area contributed by atoms with Crippen molar-refractivity contribution >= 4 is 35.3 Å². The number of nitrogens with one attached hydrogen (secondary N) is 1. The van der Waals surface area contributed by atoms with Crippen molar-refractivity contribution in [2.75, 3.05) is 4.90 Å². The molecule has 142 valence electrons. The Balaban J connectivity index is 2.05. The molecule has 2 aromatic carbocycles. The van der Waals surface area contributed by atoms with Gasteiger partial charge in [0.25, 0.3) is 11.8 Å². The molecule has 2 N–H and O–H groups in total. The van der Waals surface area contributed by atoms with Gasteiger partial charge >= 0.3 is 11.7 Å². The van der Waals surface area contributed by atoms with E-state index in [1.165, 1.54) is 6.07 Å². The van der Waals surface area contributed by atoms with E-state index in [4.69, 9.17) is 0 Å². The molecule has 4 amide bonds. The average molecular weight is 381 g/mol. The van der Waals surface area contributed by atoms with Crippen LogP contribution in [0.3, 0.4) is 0 Å². The van der Waals surface area contributed by atoms with Crippen molar-refractivity contribution in [3.63, 3.8) is 0 Å². The van der Waals surface area contributed by atoms with E-state index in [0.717, 1.165) is 34.2 Å². The summed E-state index contributed by atoms with van der Waals surface area (Å²) >= 11 is 0. The maximum absolute atomic E-state index is 12.8. The number of hydrogen-bond donors (Lipinski definition) is 2. The summed E-state index contributed by atoms with van der Waals surface area (Å²) in [4.78, 5) is 48.2. The Hall–Kier alpha value is -4.01. The highest BCUT2D eigenvalue weighted by molar-refractivity contribution is 6.39. The van der Waals surface area contributed by atoms with Gasteiger partial charge in [-0.3, -0.25) is 25.0 Å². The SMILES string of the molecule is Cc1ccc(N2C(=O)NC(=O)/C(=C\c3ccc(O)c([N+](=O)[O-])c3)C2=O)cc1C. The Morgan fingerprint density at radius 1 is 1.07 bits per heavy atom. The standard InChI is InChI=1S/C19H15N3O6/c1-10-3-5-13(7-11(10)2)21-18(25)14(17(24)20-19(21)26)8-12-4-6-16(23)15(9-12)22(27)28/h3-9,23H,1-2H3,(H,20,24,26)/b14-8+. The molecule has 1 heterocycles. The number of nitrogens with zero attached hydrogens (tertiary/aromatic N) is 2. The van der Waals surface area contributed by atoms with Crippen LogP contribution in [-0.2, 0) is 9.59 Å². The van der Waals surface area contributed by atoms with Gasteiger partial charge in [-0.1, -0.05) is 12.1 Å². The number of carbonyl (C=O) groups is 3. The summed E-state index contributed by atoms with van der Waals surface area (Å²) in [6, 6.07) is 7.51. The number of carbonyl (C=O) groups excluding carboxylic acids is 3.